The van der Waals surface area contributed by atoms with Crippen molar-refractivity contribution in [2.45, 2.75) is 30.7 Å². The first kappa shape index (κ1) is 16.3. The van der Waals surface area contributed by atoms with Crippen LogP contribution in [0, 0.1) is 17.6 Å². The minimum Gasteiger partial charge on any atom is -0.317 e. The van der Waals surface area contributed by atoms with Gasteiger partial charge in [0.2, 0.25) is 10.0 Å². The molecule has 7 heteroatoms. The van der Waals surface area contributed by atoms with Crippen molar-refractivity contribution in [2.24, 2.45) is 5.92 Å². The van der Waals surface area contributed by atoms with E-state index < -0.39 is 26.6 Å². The van der Waals surface area contributed by atoms with Gasteiger partial charge in [0.05, 0.1) is 0 Å². The number of sulfonamides is 1. The summed E-state index contributed by atoms with van der Waals surface area (Å²) in [6, 6.07) is 2.75. The van der Waals surface area contributed by atoms with Crippen LogP contribution < -0.4 is 5.32 Å². The minimum absolute atomic E-state index is 0.162. The molecule has 1 aliphatic heterocycles. The molecule has 1 fully saturated rings. The standard InChI is InChI=1S/C14H20F2N2O2S/c1-3-10-9-18(7-6-13(10)17-2)21(19,20)14-8-11(15)4-5-12(14)16/h4-5,8,10,13,17H,3,6-7,9H2,1-2H3. The van der Waals surface area contributed by atoms with Crippen molar-refractivity contribution in [3.05, 3.63) is 29.8 Å². The Hall–Kier alpha value is -1.05. The molecule has 2 unspecified atom stereocenters. The third kappa shape index (κ3) is 3.25. The second-order valence-electron chi connectivity index (χ2n) is 5.29. The molecule has 21 heavy (non-hydrogen) atoms. The Balaban J connectivity index is 2.30. The van der Waals surface area contributed by atoms with E-state index in [-0.39, 0.29) is 12.0 Å². The van der Waals surface area contributed by atoms with Crippen molar-refractivity contribution < 1.29 is 17.2 Å². The number of halogens is 2. The molecule has 1 aromatic rings. The highest BCUT2D eigenvalue weighted by Gasteiger charge is 2.35. The number of piperidine rings is 1. The Bertz CT molecular complexity index is 607. The predicted molar refractivity (Wildman–Crippen MR) is 76.4 cm³/mol. The zero-order chi connectivity index (χ0) is 15.6. The maximum absolute atomic E-state index is 13.8. The highest BCUT2D eigenvalue weighted by Crippen LogP contribution is 2.27. The van der Waals surface area contributed by atoms with Crippen molar-refractivity contribution in [3.63, 3.8) is 0 Å². The summed E-state index contributed by atoms with van der Waals surface area (Å²) < 4.78 is 53.3. The third-order valence-corrected chi connectivity index (χ3v) is 5.98. The molecule has 1 aliphatic rings. The van der Waals surface area contributed by atoms with E-state index in [4.69, 9.17) is 0 Å². The molecule has 0 aromatic heterocycles. The lowest BCUT2D eigenvalue weighted by molar-refractivity contribution is 0.209. The molecule has 4 nitrogen and oxygen atoms in total. The molecule has 0 radical (unpaired) electrons. The van der Waals surface area contributed by atoms with E-state index in [0.717, 1.165) is 24.6 Å². The van der Waals surface area contributed by atoms with Gasteiger partial charge in [-0.15, -0.1) is 0 Å². The van der Waals surface area contributed by atoms with E-state index in [9.17, 15) is 17.2 Å². The van der Waals surface area contributed by atoms with Gasteiger partial charge in [-0.05, 0) is 37.6 Å². The zero-order valence-electron chi connectivity index (χ0n) is 12.1. The van der Waals surface area contributed by atoms with E-state index in [2.05, 4.69) is 5.32 Å². The van der Waals surface area contributed by atoms with Crippen LogP contribution in [0.1, 0.15) is 19.8 Å². The third-order valence-electron chi connectivity index (χ3n) is 4.10. The van der Waals surface area contributed by atoms with Gasteiger partial charge in [0.15, 0.2) is 0 Å². The fraction of sp³-hybridized carbons (Fsp3) is 0.571. The monoisotopic (exact) mass is 318 g/mol. The van der Waals surface area contributed by atoms with Crippen molar-refractivity contribution in [1.82, 2.24) is 9.62 Å². The summed E-state index contributed by atoms with van der Waals surface area (Å²) in [5.74, 6) is -1.51. The van der Waals surface area contributed by atoms with Gasteiger partial charge in [-0.3, -0.25) is 0 Å². The second kappa shape index (κ2) is 6.37. The average Bonchev–Trinajstić information content (AvgIpc) is 2.48. The van der Waals surface area contributed by atoms with E-state index in [1.807, 2.05) is 14.0 Å². The first-order chi connectivity index (χ1) is 9.90. The van der Waals surface area contributed by atoms with Crippen molar-refractivity contribution >= 4 is 10.0 Å². The fourth-order valence-corrected chi connectivity index (χ4v) is 4.41. The lowest BCUT2D eigenvalue weighted by Gasteiger charge is -2.37. The van der Waals surface area contributed by atoms with Crippen LogP contribution in [0.25, 0.3) is 0 Å². The van der Waals surface area contributed by atoms with Crippen LogP contribution in [0.2, 0.25) is 0 Å². The zero-order valence-corrected chi connectivity index (χ0v) is 13.0. The Morgan fingerprint density at radius 2 is 2.10 bits per heavy atom. The van der Waals surface area contributed by atoms with Gasteiger partial charge in [0, 0.05) is 19.1 Å². The van der Waals surface area contributed by atoms with Crippen LogP contribution in [0.5, 0.6) is 0 Å². The predicted octanol–water partition coefficient (Wildman–Crippen LogP) is 1.97. The summed E-state index contributed by atoms with van der Waals surface area (Å²) in [5, 5.41) is 3.18. The second-order valence-corrected chi connectivity index (χ2v) is 7.20. The molecule has 0 spiro atoms. The van der Waals surface area contributed by atoms with Crippen LogP contribution in [-0.4, -0.2) is 38.9 Å². The Morgan fingerprint density at radius 1 is 1.38 bits per heavy atom. The first-order valence-corrected chi connectivity index (χ1v) is 8.46. The van der Waals surface area contributed by atoms with Crippen LogP contribution in [-0.2, 0) is 10.0 Å². The summed E-state index contributed by atoms with van der Waals surface area (Å²) in [4.78, 5) is -0.583. The number of nitrogens with zero attached hydrogens (tertiary/aromatic N) is 1. The molecule has 1 heterocycles. The molecule has 1 saturated heterocycles. The lowest BCUT2D eigenvalue weighted by atomic mass is 9.91. The van der Waals surface area contributed by atoms with Gasteiger partial charge in [-0.1, -0.05) is 13.3 Å². The number of benzene rings is 1. The number of hydrogen-bond donors (Lipinski definition) is 1. The van der Waals surface area contributed by atoms with Gasteiger partial charge < -0.3 is 5.32 Å². The molecule has 2 rings (SSSR count). The van der Waals surface area contributed by atoms with Gasteiger partial charge >= 0.3 is 0 Å². The van der Waals surface area contributed by atoms with E-state index >= 15 is 0 Å². The molecular formula is C14H20F2N2O2S. The summed E-state index contributed by atoms with van der Waals surface area (Å²) in [6.07, 6.45) is 1.48. The van der Waals surface area contributed by atoms with Gasteiger partial charge in [-0.2, -0.15) is 4.31 Å². The smallest absolute Gasteiger partial charge is 0.246 e. The van der Waals surface area contributed by atoms with Crippen LogP contribution in [0.3, 0.4) is 0 Å². The molecule has 2 atom stereocenters. The molecular weight excluding hydrogens is 298 g/mol. The van der Waals surface area contributed by atoms with Crippen molar-refractivity contribution in [1.29, 1.82) is 0 Å². The van der Waals surface area contributed by atoms with Crippen molar-refractivity contribution in [3.8, 4) is 0 Å². The first-order valence-electron chi connectivity index (χ1n) is 7.02. The molecule has 1 aromatic carbocycles. The SMILES string of the molecule is CCC1CN(S(=O)(=O)c2cc(F)ccc2F)CCC1NC. The van der Waals surface area contributed by atoms with E-state index in [1.165, 1.54) is 4.31 Å². The molecule has 0 saturated carbocycles. The number of rotatable bonds is 4. The maximum atomic E-state index is 13.8. The van der Waals surface area contributed by atoms with Crippen LogP contribution in [0.15, 0.2) is 23.1 Å². The molecule has 0 bridgehead atoms. The number of nitrogens with one attached hydrogen (secondary N) is 1. The van der Waals surface area contributed by atoms with E-state index in [1.54, 1.807) is 0 Å². The van der Waals surface area contributed by atoms with Gasteiger partial charge in [0.25, 0.3) is 0 Å². The Labute approximate surface area is 124 Å². The summed E-state index contributed by atoms with van der Waals surface area (Å²) in [6.45, 7) is 2.62. The van der Waals surface area contributed by atoms with Gasteiger partial charge in [0.1, 0.15) is 16.5 Å². The molecule has 1 N–H and O–H groups in total. The van der Waals surface area contributed by atoms with Gasteiger partial charge in [-0.25, -0.2) is 17.2 Å². The molecule has 118 valence electrons. The minimum atomic E-state index is -4.00. The molecule has 0 aliphatic carbocycles. The Morgan fingerprint density at radius 3 is 2.71 bits per heavy atom. The summed E-state index contributed by atoms with van der Waals surface area (Å²) in [7, 11) is -2.15. The number of hydrogen-bond acceptors (Lipinski definition) is 3. The quantitative estimate of drug-likeness (QED) is 0.923. The lowest BCUT2D eigenvalue weighted by Crippen LogP contribution is -2.50. The van der Waals surface area contributed by atoms with Crippen LogP contribution >= 0.6 is 0 Å². The summed E-state index contributed by atoms with van der Waals surface area (Å²) in [5.41, 5.74) is 0. The Kier molecular flexibility index (Phi) is 4.95. The summed E-state index contributed by atoms with van der Waals surface area (Å²) >= 11 is 0. The van der Waals surface area contributed by atoms with Crippen LogP contribution in [0.4, 0.5) is 8.78 Å². The normalized spacial score (nSPS) is 24.2. The average molecular weight is 318 g/mol. The highest BCUT2D eigenvalue weighted by atomic mass is 32.2. The maximum Gasteiger partial charge on any atom is 0.246 e. The topological polar surface area (TPSA) is 49.4 Å². The van der Waals surface area contributed by atoms with Crippen molar-refractivity contribution in [2.75, 3.05) is 20.1 Å². The fourth-order valence-electron chi connectivity index (χ4n) is 2.82. The van der Waals surface area contributed by atoms with E-state index in [0.29, 0.717) is 19.5 Å². The largest absolute Gasteiger partial charge is 0.317 e. The highest BCUT2D eigenvalue weighted by molar-refractivity contribution is 7.89. The molecule has 0 amide bonds.